The first kappa shape index (κ1) is 19.7. The molecule has 1 aromatic carbocycles. The van der Waals surface area contributed by atoms with Crippen LogP contribution < -0.4 is 15.4 Å². The first-order valence-electron chi connectivity index (χ1n) is 11.5. The predicted octanol–water partition coefficient (Wildman–Crippen LogP) is 4.66. The number of carbonyl (C=O) groups excluding carboxylic acids is 1. The number of piperidine rings is 1. The third kappa shape index (κ3) is 4.29. The van der Waals surface area contributed by atoms with Gasteiger partial charge in [-0.25, -0.2) is 0 Å². The van der Waals surface area contributed by atoms with Crippen LogP contribution in [0.25, 0.3) is 0 Å². The molecule has 1 amide bonds. The van der Waals surface area contributed by atoms with Crippen molar-refractivity contribution in [1.82, 2.24) is 10.6 Å². The van der Waals surface area contributed by atoms with Gasteiger partial charge in [-0.3, -0.25) is 4.79 Å². The first-order valence-corrected chi connectivity index (χ1v) is 11.9. The number of nitrogens with one attached hydrogen (secondary N) is 2. The summed E-state index contributed by atoms with van der Waals surface area (Å²) in [5.41, 5.74) is 0.870. The lowest BCUT2D eigenvalue weighted by Gasteiger charge is -2.56. The van der Waals surface area contributed by atoms with Gasteiger partial charge in [0.25, 0.3) is 5.91 Å². The molecule has 1 aliphatic heterocycles. The van der Waals surface area contributed by atoms with Crippen LogP contribution in [-0.2, 0) is 0 Å². The van der Waals surface area contributed by atoms with E-state index in [2.05, 4.69) is 10.6 Å². The molecule has 1 unspecified atom stereocenters. The molecular weight excluding hydrogens is 384 g/mol. The van der Waals surface area contributed by atoms with Gasteiger partial charge < -0.3 is 15.4 Å². The van der Waals surface area contributed by atoms with Crippen LogP contribution in [0.2, 0.25) is 5.02 Å². The average molecular weight is 417 g/mol. The zero-order chi connectivity index (χ0) is 19.8. The molecule has 4 nitrogen and oxygen atoms in total. The summed E-state index contributed by atoms with van der Waals surface area (Å²) in [5, 5.41) is 7.16. The zero-order valence-electron chi connectivity index (χ0n) is 17.2. The van der Waals surface area contributed by atoms with Crippen LogP contribution >= 0.6 is 11.6 Å². The fourth-order valence-corrected chi connectivity index (χ4v) is 7.12. The number of hydrogen-bond donors (Lipinski definition) is 2. The summed E-state index contributed by atoms with van der Waals surface area (Å²) in [7, 11) is 0. The van der Waals surface area contributed by atoms with Gasteiger partial charge in [0.15, 0.2) is 0 Å². The normalized spacial score (nSPS) is 35.5. The number of amides is 1. The molecule has 5 aliphatic rings. The lowest BCUT2D eigenvalue weighted by atomic mass is 9.49. The van der Waals surface area contributed by atoms with Crippen molar-refractivity contribution in [2.75, 3.05) is 26.2 Å². The third-order valence-electron chi connectivity index (χ3n) is 7.86. The molecule has 1 heterocycles. The van der Waals surface area contributed by atoms with Crippen LogP contribution in [0.5, 0.6) is 5.75 Å². The Morgan fingerprint density at radius 1 is 1.17 bits per heavy atom. The molecule has 1 saturated heterocycles. The Balaban J connectivity index is 1.20. The molecule has 2 N–H and O–H groups in total. The maximum absolute atomic E-state index is 13.0. The third-order valence-corrected chi connectivity index (χ3v) is 8.19. The molecule has 5 heteroatoms. The molecule has 29 heavy (non-hydrogen) atoms. The van der Waals surface area contributed by atoms with Crippen LogP contribution in [0.3, 0.4) is 0 Å². The number of benzene rings is 1. The van der Waals surface area contributed by atoms with Gasteiger partial charge in [-0.05, 0) is 99.3 Å². The Labute approximate surface area is 179 Å². The van der Waals surface area contributed by atoms with Crippen molar-refractivity contribution in [3.05, 3.63) is 28.8 Å². The van der Waals surface area contributed by atoms with Gasteiger partial charge in [-0.2, -0.15) is 0 Å². The Morgan fingerprint density at radius 3 is 2.55 bits per heavy atom. The smallest absolute Gasteiger partial charge is 0.252 e. The largest absolute Gasteiger partial charge is 0.493 e. The molecule has 4 aliphatic carbocycles. The van der Waals surface area contributed by atoms with E-state index in [9.17, 15) is 4.79 Å². The molecule has 158 valence electrons. The molecule has 4 saturated carbocycles. The van der Waals surface area contributed by atoms with Crippen molar-refractivity contribution in [1.29, 1.82) is 0 Å². The van der Waals surface area contributed by atoms with Gasteiger partial charge in [0.1, 0.15) is 5.75 Å². The Morgan fingerprint density at radius 2 is 1.90 bits per heavy atom. The second-order valence-corrected chi connectivity index (χ2v) is 10.7. The van der Waals surface area contributed by atoms with Gasteiger partial charge >= 0.3 is 0 Å². The van der Waals surface area contributed by atoms with E-state index in [1.54, 1.807) is 6.07 Å². The minimum atomic E-state index is -0.0597. The summed E-state index contributed by atoms with van der Waals surface area (Å²) < 4.78 is 5.99. The molecule has 1 aromatic rings. The van der Waals surface area contributed by atoms with E-state index in [1.165, 1.54) is 51.4 Å². The molecule has 0 radical (unpaired) electrons. The van der Waals surface area contributed by atoms with Crippen molar-refractivity contribution in [3.63, 3.8) is 0 Å². The topological polar surface area (TPSA) is 50.4 Å². The van der Waals surface area contributed by atoms with E-state index in [0.717, 1.165) is 43.1 Å². The Hall–Kier alpha value is -1.26. The van der Waals surface area contributed by atoms with E-state index in [1.807, 2.05) is 12.1 Å². The summed E-state index contributed by atoms with van der Waals surface area (Å²) in [4.78, 5) is 13.0. The van der Waals surface area contributed by atoms with E-state index >= 15 is 0 Å². The molecule has 1 atom stereocenters. The maximum Gasteiger partial charge on any atom is 0.252 e. The molecule has 6 rings (SSSR count). The zero-order valence-corrected chi connectivity index (χ0v) is 18.0. The fraction of sp³-hybridized carbons (Fsp3) is 0.708. The van der Waals surface area contributed by atoms with Crippen molar-refractivity contribution in [2.24, 2.45) is 29.1 Å². The second kappa shape index (κ2) is 8.11. The predicted molar refractivity (Wildman–Crippen MR) is 115 cm³/mol. The van der Waals surface area contributed by atoms with Crippen molar-refractivity contribution < 1.29 is 9.53 Å². The maximum atomic E-state index is 13.0. The summed E-state index contributed by atoms with van der Waals surface area (Å²) in [5.74, 6) is 3.90. The van der Waals surface area contributed by atoms with Crippen molar-refractivity contribution >= 4 is 17.5 Å². The van der Waals surface area contributed by atoms with E-state index in [-0.39, 0.29) is 5.91 Å². The molecule has 0 spiro atoms. The summed E-state index contributed by atoms with van der Waals surface area (Å²) in [6.45, 7) is 3.59. The fourth-order valence-electron chi connectivity index (χ4n) is 6.92. The Kier molecular flexibility index (Phi) is 5.51. The summed E-state index contributed by atoms with van der Waals surface area (Å²) in [6, 6.07) is 5.47. The summed E-state index contributed by atoms with van der Waals surface area (Å²) >= 11 is 6.37. The highest BCUT2D eigenvalue weighted by Gasteiger charge is 2.50. The number of halogens is 1. The van der Waals surface area contributed by atoms with Gasteiger partial charge in [-0.15, -0.1) is 0 Å². The quantitative estimate of drug-likeness (QED) is 0.708. The highest BCUT2D eigenvalue weighted by atomic mass is 35.5. The van der Waals surface area contributed by atoms with E-state index < -0.39 is 0 Å². The van der Waals surface area contributed by atoms with Gasteiger partial charge in [0.05, 0.1) is 17.2 Å². The lowest BCUT2D eigenvalue weighted by Crippen LogP contribution is -2.51. The monoisotopic (exact) mass is 416 g/mol. The second-order valence-electron chi connectivity index (χ2n) is 10.3. The number of hydrogen-bond acceptors (Lipinski definition) is 3. The molecule has 4 bridgehead atoms. The molecule has 5 fully saturated rings. The number of rotatable bonds is 6. The first-order chi connectivity index (χ1) is 14.1. The lowest BCUT2D eigenvalue weighted by molar-refractivity contribution is -0.0503. The van der Waals surface area contributed by atoms with Crippen LogP contribution in [0, 0.1) is 29.1 Å². The van der Waals surface area contributed by atoms with Crippen LogP contribution in [0.15, 0.2) is 18.2 Å². The number of ether oxygens (including phenoxy) is 1. The van der Waals surface area contributed by atoms with E-state index in [4.69, 9.17) is 16.3 Å². The molecular formula is C24H33ClN2O2. The van der Waals surface area contributed by atoms with Gasteiger partial charge in [0.2, 0.25) is 0 Å². The van der Waals surface area contributed by atoms with E-state index in [0.29, 0.717) is 28.5 Å². The average Bonchev–Trinajstić information content (AvgIpc) is 2.71. The standard InChI is InChI=1S/C24H33ClN2O2/c25-22-4-3-20(29-14-16-2-1-5-26-13-16)9-21(22)23(28)27-15-24-10-17-6-18(11-24)8-19(7-17)12-24/h3-4,9,16-19,26H,1-2,5-8,10-15H2,(H,27,28). The Bertz CT molecular complexity index is 724. The minimum absolute atomic E-state index is 0.0597. The number of carbonyl (C=O) groups is 1. The van der Waals surface area contributed by atoms with Crippen LogP contribution in [-0.4, -0.2) is 32.1 Å². The minimum Gasteiger partial charge on any atom is -0.493 e. The van der Waals surface area contributed by atoms with Gasteiger partial charge in [-0.1, -0.05) is 11.6 Å². The van der Waals surface area contributed by atoms with Crippen LogP contribution in [0.4, 0.5) is 0 Å². The summed E-state index contributed by atoms with van der Waals surface area (Å²) in [6.07, 6.45) is 10.6. The highest BCUT2D eigenvalue weighted by Crippen LogP contribution is 2.59. The van der Waals surface area contributed by atoms with Gasteiger partial charge in [0, 0.05) is 19.0 Å². The molecule has 0 aromatic heterocycles. The highest BCUT2D eigenvalue weighted by molar-refractivity contribution is 6.33. The van der Waals surface area contributed by atoms with Crippen molar-refractivity contribution in [3.8, 4) is 5.75 Å². The van der Waals surface area contributed by atoms with Crippen molar-refractivity contribution in [2.45, 2.75) is 51.4 Å². The SMILES string of the molecule is O=C(NCC12CC3CC(CC(C3)C1)C2)c1cc(OCC2CCCNC2)ccc1Cl. The van der Waals surface area contributed by atoms with Crippen LogP contribution in [0.1, 0.15) is 61.7 Å².